The average molecular weight is 376 g/mol. The third-order valence-corrected chi connectivity index (χ3v) is 4.63. The Morgan fingerprint density at radius 1 is 1.48 bits per heavy atom. The van der Waals surface area contributed by atoms with E-state index in [1.165, 1.54) is 6.07 Å². The summed E-state index contributed by atoms with van der Waals surface area (Å²) in [5, 5.41) is 13.2. The summed E-state index contributed by atoms with van der Waals surface area (Å²) in [6.07, 6.45) is 0. The molecule has 114 valence electrons. The predicted octanol–water partition coefficient (Wildman–Crippen LogP) is 1.40. The fourth-order valence-corrected chi connectivity index (χ4v) is 3.55. The minimum Gasteiger partial charge on any atom is -0.492 e. The van der Waals surface area contributed by atoms with Crippen molar-refractivity contribution in [3.8, 4) is 5.75 Å². The Morgan fingerprint density at radius 3 is 2.86 bits per heavy atom. The van der Waals surface area contributed by atoms with Crippen LogP contribution in [-0.2, 0) is 10.0 Å². The van der Waals surface area contributed by atoms with Crippen LogP contribution in [0.4, 0.5) is 0 Å². The van der Waals surface area contributed by atoms with Crippen LogP contribution < -0.4 is 9.46 Å². The molecule has 0 bridgehead atoms. The summed E-state index contributed by atoms with van der Waals surface area (Å²) in [6.45, 7) is 3.78. The molecule has 0 aliphatic carbocycles. The number of hydrogen-bond donors (Lipinski definition) is 2. The van der Waals surface area contributed by atoms with Gasteiger partial charge in [0.05, 0.1) is 12.6 Å². The summed E-state index contributed by atoms with van der Waals surface area (Å²) in [6, 6.07) is 4.17. The van der Waals surface area contributed by atoms with E-state index in [1.54, 1.807) is 26.0 Å². The first-order valence-electron chi connectivity index (χ1n) is 6.12. The highest BCUT2D eigenvalue weighted by molar-refractivity contribution is 9.10. The summed E-state index contributed by atoms with van der Waals surface area (Å²) in [5.74, 6) is 0.542. The Morgan fingerprint density at radius 2 is 2.24 bits per heavy atom. The second-order valence-corrected chi connectivity index (χ2v) is 6.74. The lowest BCUT2D eigenvalue weighted by molar-refractivity contribution is 0.331. The second kappa shape index (κ2) is 6.50. The van der Waals surface area contributed by atoms with E-state index in [-0.39, 0.29) is 16.5 Å². The first kappa shape index (κ1) is 15.9. The summed E-state index contributed by atoms with van der Waals surface area (Å²) < 4.78 is 33.5. The Balaban J connectivity index is 2.33. The van der Waals surface area contributed by atoms with Crippen LogP contribution in [0.25, 0.3) is 0 Å². The quantitative estimate of drug-likeness (QED) is 0.789. The maximum Gasteiger partial charge on any atom is 0.244 e. The molecule has 2 rings (SSSR count). The topological polar surface area (TPSA) is 110 Å². The molecule has 0 aliphatic rings. The highest BCUT2D eigenvalue weighted by atomic mass is 79.9. The number of hydrogen-bond acceptors (Lipinski definition) is 6. The van der Waals surface area contributed by atoms with Gasteiger partial charge in [-0.05, 0) is 32.0 Å². The highest BCUT2D eigenvalue weighted by Crippen LogP contribution is 2.28. The van der Waals surface area contributed by atoms with E-state index in [1.807, 2.05) is 0 Å². The normalized spacial score (nSPS) is 13.1. The van der Waals surface area contributed by atoms with Crippen molar-refractivity contribution in [3.05, 3.63) is 28.5 Å². The van der Waals surface area contributed by atoms with E-state index in [0.717, 1.165) is 0 Å². The molecule has 0 spiro atoms. The van der Waals surface area contributed by atoms with Crippen LogP contribution in [0.2, 0.25) is 0 Å². The number of aromatic nitrogens is 4. The molecule has 1 aromatic carbocycles. The van der Waals surface area contributed by atoms with Gasteiger partial charge in [-0.3, -0.25) is 0 Å². The summed E-state index contributed by atoms with van der Waals surface area (Å²) in [7, 11) is -3.79. The molecule has 0 radical (unpaired) electrons. The number of rotatable bonds is 6. The largest absolute Gasteiger partial charge is 0.492 e. The molecule has 2 aromatic rings. The van der Waals surface area contributed by atoms with Crippen LogP contribution in [0.3, 0.4) is 0 Å². The summed E-state index contributed by atoms with van der Waals surface area (Å²) in [5.41, 5.74) is 0. The molecule has 1 atom stereocenters. The van der Waals surface area contributed by atoms with Crippen molar-refractivity contribution in [2.75, 3.05) is 6.61 Å². The maximum atomic E-state index is 12.5. The standard InChI is InChI=1S/C11H14BrN5O3S/c1-3-20-9-5-4-8(12)6-10(9)21(18,19)15-7(2)11-13-16-17-14-11/h4-7,15H,3H2,1-2H3,(H,13,14,16,17). The zero-order valence-corrected chi connectivity index (χ0v) is 13.8. The number of benzene rings is 1. The van der Waals surface area contributed by atoms with E-state index in [4.69, 9.17) is 4.74 Å². The smallest absolute Gasteiger partial charge is 0.244 e. The van der Waals surface area contributed by atoms with Gasteiger partial charge >= 0.3 is 0 Å². The lowest BCUT2D eigenvalue weighted by Gasteiger charge is -2.14. The number of aromatic amines is 1. The second-order valence-electron chi connectivity index (χ2n) is 4.14. The maximum absolute atomic E-state index is 12.5. The minimum atomic E-state index is -3.79. The molecule has 1 aromatic heterocycles. The molecule has 8 nitrogen and oxygen atoms in total. The van der Waals surface area contributed by atoms with Crippen LogP contribution in [0.15, 0.2) is 27.6 Å². The number of nitrogens with zero attached hydrogens (tertiary/aromatic N) is 3. The van der Waals surface area contributed by atoms with Gasteiger partial charge in [-0.15, -0.1) is 10.2 Å². The molecule has 0 aliphatic heterocycles. The number of ether oxygens (including phenoxy) is 1. The fourth-order valence-electron chi connectivity index (χ4n) is 1.67. The van der Waals surface area contributed by atoms with Crippen molar-refractivity contribution in [3.63, 3.8) is 0 Å². The molecular weight excluding hydrogens is 362 g/mol. The van der Waals surface area contributed by atoms with E-state index in [0.29, 0.717) is 11.1 Å². The third kappa shape index (κ3) is 3.77. The zero-order chi connectivity index (χ0) is 15.5. The fraction of sp³-hybridized carbons (Fsp3) is 0.364. The number of sulfonamides is 1. The molecule has 10 heteroatoms. The zero-order valence-electron chi connectivity index (χ0n) is 11.4. The number of H-pyrrole nitrogens is 1. The van der Waals surface area contributed by atoms with E-state index in [9.17, 15) is 8.42 Å². The number of halogens is 1. The molecular formula is C11H14BrN5O3S. The van der Waals surface area contributed by atoms with Crippen molar-refractivity contribution < 1.29 is 13.2 Å². The lowest BCUT2D eigenvalue weighted by Crippen LogP contribution is -2.28. The summed E-state index contributed by atoms with van der Waals surface area (Å²) in [4.78, 5) is 0.0501. The Bertz CT molecular complexity index is 705. The van der Waals surface area contributed by atoms with Gasteiger partial charge < -0.3 is 4.74 Å². The molecule has 0 amide bonds. The average Bonchev–Trinajstić information content (AvgIpc) is 2.94. The SMILES string of the molecule is CCOc1ccc(Br)cc1S(=O)(=O)NC(C)c1nn[nH]n1. The van der Waals surface area contributed by atoms with Crippen LogP contribution in [0, 0.1) is 0 Å². The molecule has 1 heterocycles. The molecule has 0 fully saturated rings. The van der Waals surface area contributed by atoms with E-state index in [2.05, 4.69) is 41.3 Å². The Labute approximate surface area is 130 Å². The van der Waals surface area contributed by atoms with Crippen LogP contribution in [0.1, 0.15) is 25.7 Å². The van der Waals surface area contributed by atoms with Crippen LogP contribution >= 0.6 is 15.9 Å². The van der Waals surface area contributed by atoms with Gasteiger partial charge in [0.1, 0.15) is 10.6 Å². The van der Waals surface area contributed by atoms with Crippen molar-refractivity contribution in [2.45, 2.75) is 24.8 Å². The number of nitrogens with one attached hydrogen (secondary N) is 2. The van der Waals surface area contributed by atoms with Crippen molar-refractivity contribution in [1.29, 1.82) is 0 Å². The molecule has 21 heavy (non-hydrogen) atoms. The van der Waals surface area contributed by atoms with Gasteiger partial charge in [0, 0.05) is 4.47 Å². The molecule has 1 unspecified atom stereocenters. The Kier molecular flexibility index (Phi) is 4.91. The van der Waals surface area contributed by atoms with Gasteiger partial charge in [-0.25, -0.2) is 13.1 Å². The monoisotopic (exact) mass is 375 g/mol. The van der Waals surface area contributed by atoms with Gasteiger partial charge in [-0.1, -0.05) is 21.1 Å². The van der Waals surface area contributed by atoms with Crippen molar-refractivity contribution >= 4 is 26.0 Å². The third-order valence-electron chi connectivity index (χ3n) is 2.58. The van der Waals surface area contributed by atoms with E-state index >= 15 is 0 Å². The highest BCUT2D eigenvalue weighted by Gasteiger charge is 2.24. The van der Waals surface area contributed by atoms with Crippen molar-refractivity contribution in [1.82, 2.24) is 25.3 Å². The van der Waals surface area contributed by atoms with Gasteiger partial charge in [0.15, 0.2) is 5.82 Å². The molecule has 0 saturated carbocycles. The van der Waals surface area contributed by atoms with Gasteiger partial charge in [-0.2, -0.15) is 5.21 Å². The predicted molar refractivity (Wildman–Crippen MR) is 78.2 cm³/mol. The Hall–Kier alpha value is -1.52. The first-order valence-corrected chi connectivity index (χ1v) is 8.39. The summed E-state index contributed by atoms with van der Waals surface area (Å²) >= 11 is 3.26. The van der Waals surface area contributed by atoms with Gasteiger partial charge in [0.25, 0.3) is 0 Å². The van der Waals surface area contributed by atoms with E-state index < -0.39 is 16.1 Å². The first-order chi connectivity index (χ1) is 9.94. The number of tetrazole rings is 1. The van der Waals surface area contributed by atoms with Crippen molar-refractivity contribution in [2.24, 2.45) is 0 Å². The molecule has 0 saturated heterocycles. The van der Waals surface area contributed by atoms with Crippen LogP contribution in [0.5, 0.6) is 5.75 Å². The minimum absolute atomic E-state index is 0.0501. The van der Waals surface area contributed by atoms with Crippen LogP contribution in [-0.4, -0.2) is 35.6 Å². The van der Waals surface area contributed by atoms with Gasteiger partial charge in [0.2, 0.25) is 10.0 Å². The molecule has 2 N–H and O–H groups in total. The lowest BCUT2D eigenvalue weighted by atomic mass is 10.3.